The number of hydrogen-bond donors (Lipinski definition) is 1. The standard InChI is InChI=1S/C14H18O2/c1-3-4-5-6-9-12-11(2)8-7-10-13(12)14(15)16/h5-8,10H,3-4,9H2,1-2H3,(H,15,16). The average Bonchev–Trinajstić information content (AvgIpc) is 2.25. The molecule has 0 atom stereocenters. The minimum absolute atomic E-state index is 0.418. The number of carboxylic acid groups (broad SMARTS) is 1. The van der Waals surface area contributed by atoms with Crippen LogP contribution in [0.1, 0.15) is 41.3 Å². The van der Waals surface area contributed by atoms with E-state index in [1.165, 1.54) is 0 Å². The zero-order valence-electron chi connectivity index (χ0n) is 9.86. The van der Waals surface area contributed by atoms with E-state index in [4.69, 9.17) is 5.11 Å². The number of rotatable bonds is 5. The van der Waals surface area contributed by atoms with E-state index < -0.39 is 5.97 Å². The molecule has 0 bridgehead atoms. The van der Waals surface area contributed by atoms with Gasteiger partial charge >= 0.3 is 5.97 Å². The summed E-state index contributed by atoms with van der Waals surface area (Å²) in [4.78, 5) is 11.0. The van der Waals surface area contributed by atoms with E-state index in [1.54, 1.807) is 12.1 Å². The highest BCUT2D eigenvalue weighted by atomic mass is 16.4. The molecule has 1 aromatic carbocycles. The largest absolute Gasteiger partial charge is 0.478 e. The molecule has 0 radical (unpaired) electrons. The SMILES string of the molecule is CCCC=CCc1c(C)cccc1C(=O)O. The van der Waals surface area contributed by atoms with Crippen LogP contribution >= 0.6 is 0 Å². The highest BCUT2D eigenvalue weighted by Crippen LogP contribution is 2.15. The molecule has 0 aliphatic heterocycles. The van der Waals surface area contributed by atoms with Crippen LogP contribution in [0.4, 0.5) is 0 Å². The Morgan fingerprint density at radius 2 is 2.12 bits per heavy atom. The van der Waals surface area contributed by atoms with Crippen molar-refractivity contribution < 1.29 is 9.90 Å². The van der Waals surface area contributed by atoms with E-state index in [-0.39, 0.29) is 0 Å². The first-order valence-corrected chi connectivity index (χ1v) is 5.63. The van der Waals surface area contributed by atoms with Gasteiger partial charge in [-0.05, 0) is 37.0 Å². The van der Waals surface area contributed by atoms with Gasteiger partial charge in [0.15, 0.2) is 0 Å². The summed E-state index contributed by atoms with van der Waals surface area (Å²) in [5.74, 6) is -0.845. The Hall–Kier alpha value is -1.57. The van der Waals surface area contributed by atoms with Gasteiger partial charge in [0, 0.05) is 0 Å². The molecule has 0 saturated carbocycles. The van der Waals surface area contributed by atoms with E-state index in [0.717, 1.165) is 24.0 Å². The molecule has 0 aromatic heterocycles. The van der Waals surface area contributed by atoms with Gasteiger partial charge in [0.1, 0.15) is 0 Å². The summed E-state index contributed by atoms with van der Waals surface area (Å²) in [7, 11) is 0. The van der Waals surface area contributed by atoms with Crippen molar-refractivity contribution in [3.05, 3.63) is 47.0 Å². The number of aryl methyl sites for hydroxylation is 1. The molecule has 0 saturated heterocycles. The molecule has 0 amide bonds. The summed E-state index contributed by atoms with van der Waals surface area (Å²) in [5, 5.41) is 9.07. The van der Waals surface area contributed by atoms with Gasteiger partial charge in [0.2, 0.25) is 0 Å². The average molecular weight is 218 g/mol. The fourth-order valence-electron chi connectivity index (χ4n) is 1.66. The summed E-state index contributed by atoms with van der Waals surface area (Å²) >= 11 is 0. The molecule has 0 unspecified atom stereocenters. The number of unbranched alkanes of at least 4 members (excludes halogenated alkanes) is 1. The lowest BCUT2D eigenvalue weighted by molar-refractivity contribution is 0.0695. The summed E-state index contributed by atoms with van der Waals surface area (Å²) in [6.45, 7) is 4.08. The van der Waals surface area contributed by atoms with Gasteiger partial charge in [0.05, 0.1) is 5.56 Å². The Morgan fingerprint density at radius 1 is 1.38 bits per heavy atom. The molecule has 0 spiro atoms. The predicted octanol–water partition coefficient (Wildman–Crippen LogP) is 3.59. The van der Waals surface area contributed by atoms with Crippen molar-refractivity contribution in [3.63, 3.8) is 0 Å². The van der Waals surface area contributed by atoms with Gasteiger partial charge in [0.25, 0.3) is 0 Å². The number of carboxylic acids is 1. The lowest BCUT2D eigenvalue weighted by Gasteiger charge is -2.06. The van der Waals surface area contributed by atoms with Crippen LogP contribution < -0.4 is 0 Å². The highest BCUT2D eigenvalue weighted by molar-refractivity contribution is 5.89. The van der Waals surface area contributed by atoms with Crippen LogP contribution in [0.3, 0.4) is 0 Å². The molecule has 86 valence electrons. The van der Waals surface area contributed by atoms with Gasteiger partial charge in [-0.3, -0.25) is 0 Å². The number of benzene rings is 1. The summed E-state index contributed by atoms with van der Waals surface area (Å²) in [5.41, 5.74) is 2.38. The van der Waals surface area contributed by atoms with Gasteiger partial charge < -0.3 is 5.11 Å². The second-order valence-corrected chi connectivity index (χ2v) is 3.87. The maximum atomic E-state index is 11.0. The van der Waals surface area contributed by atoms with Crippen molar-refractivity contribution in [1.82, 2.24) is 0 Å². The van der Waals surface area contributed by atoms with E-state index >= 15 is 0 Å². The smallest absolute Gasteiger partial charge is 0.335 e. The third kappa shape index (κ3) is 3.23. The van der Waals surface area contributed by atoms with Crippen LogP contribution in [-0.2, 0) is 6.42 Å². The van der Waals surface area contributed by atoms with E-state index in [1.807, 2.05) is 13.0 Å². The first kappa shape index (κ1) is 12.5. The fraction of sp³-hybridized carbons (Fsp3) is 0.357. The normalized spacial score (nSPS) is 10.9. The third-order valence-electron chi connectivity index (χ3n) is 2.58. The Kier molecular flexibility index (Phi) is 4.77. The molecule has 2 heteroatoms. The minimum atomic E-state index is -0.845. The van der Waals surface area contributed by atoms with Crippen molar-refractivity contribution in [2.45, 2.75) is 33.1 Å². The Balaban J connectivity index is 2.88. The lowest BCUT2D eigenvalue weighted by Crippen LogP contribution is -2.03. The summed E-state index contributed by atoms with van der Waals surface area (Å²) in [6, 6.07) is 5.41. The maximum Gasteiger partial charge on any atom is 0.335 e. The first-order chi connectivity index (χ1) is 7.66. The Morgan fingerprint density at radius 3 is 2.75 bits per heavy atom. The van der Waals surface area contributed by atoms with E-state index in [9.17, 15) is 4.79 Å². The van der Waals surface area contributed by atoms with Crippen molar-refractivity contribution in [3.8, 4) is 0 Å². The monoisotopic (exact) mass is 218 g/mol. The second-order valence-electron chi connectivity index (χ2n) is 3.87. The topological polar surface area (TPSA) is 37.3 Å². The molecular weight excluding hydrogens is 200 g/mol. The number of aromatic carboxylic acids is 1. The van der Waals surface area contributed by atoms with Crippen LogP contribution in [0.25, 0.3) is 0 Å². The molecular formula is C14H18O2. The van der Waals surface area contributed by atoms with Gasteiger partial charge in [-0.25, -0.2) is 4.79 Å². The van der Waals surface area contributed by atoms with Crippen molar-refractivity contribution >= 4 is 5.97 Å². The Labute approximate surface area is 96.6 Å². The summed E-state index contributed by atoms with van der Waals surface area (Å²) < 4.78 is 0. The summed E-state index contributed by atoms with van der Waals surface area (Å²) in [6.07, 6.45) is 7.04. The van der Waals surface area contributed by atoms with Gasteiger partial charge in [-0.1, -0.05) is 37.6 Å². The lowest BCUT2D eigenvalue weighted by atomic mass is 9.99. The molecule has 1 rings (SSSR count). The molecule has 0 aliphatic rings. The van der Waals surface area contributed by atoms with Crippen LogP contribution in [-0.4, -0.2) is 11.1 Å². The van der Waals surface area contributed by atoms with Crippen molar-refractivity contribution in [2.24, 2.45) is 0 Å². The van der Waals surface area contributed by atoms with Crippen molar-refractivity contribution in [2.75, 3.05) is 0 Å². The zero-order valence-corrected chi connectivity index (χ0v) is 9.86. The molecule has 2 nitrogen and oxygen atoms in total. The van der Waals surface area contributed by atoms with E-state index in [2.05, 4.69) is 19.1 Å². The van der Waals surface area contributed by atoms with Crippen LogP contribution in [0.2, 0.25) is 0 Å². The predicted molar refractivity (Wildman–Crippen MR) is 65.9 cm³/mol. The van der Waals surface area contributed by atoms with Gasteiger partial charge in [-0.2, -0.15) is 0 Å². The molecule has 0 heterocycles. The third-order valence-corrected chi connectivity index (χ3v) is 2.58. The Bertz CT molecular complexity index is 392. The molecule has 16 heavy (non-hydrogen) atoms. The zero-order chi connectivity index (χ0) is 12.0. The quantitative estimate of drug-likeness (QED) is 0.767. The second kappa shape index (κ2) is 6.11. The maximum absolute atomic E-state index is 11.0. The van der Waals surface area contributed by atoms with Crippen LogP contribution in [0.5, 0.6) is 0 Å². The van der Waals surface area contributed by atoms with Gasteiger partial charge in [-0.15, -0.1) is 0 Å². The minimum Gasteiger partial charge on any atom is -0.478 e. The van der Waals surface area contributed by atoms with Crippen molar-refractivity contribution in [1.29, 1.82) is 0 Å². The van der Waals surface area contributed by atoms with Crippen LogP contribution in [0.15, 0.2) is 30.4 Å². The first-order valence-electron chi connectivity index (χ1n) is 5.63. The number of carbonyl (C=O) groups is 1. The fourth-order valence-corrected chi connectivity index (χ4v) is 1.66. The molecule has 1 N–H and O–H groups in total. The number of allylic oxidation sites excluding steroid dienone is 2. The van der Waals surface area contributed by atoms with Crippen LogP contribution in [0, 0.1) is 6.92 Å². The highest BCUT2D eigenvalue weighted by Gasteiger charge is 2.09. The molecule has 1 aromatic rings. The molecule has 0 aliphatic carbocycles. The van der Waals surface area contributed by atoms with E-state index in [0.29, 0.717) is 12.0 Å². The number of hydrogen-bond acceptors (Lipinski definition) is 1. The molecule has 0 fully saturated rings.